The number of hydrogen-bond acceptors (Lipinski definition) is 5. The predicted molar refractivity (Wildman–Crippen MR) is 104 cm³/mol. The summed E-state index contributed by atoms with van der Waals surface area (Å²) in [6, 6.07) is 10.6. The number of hydrogen-bond donors (Lipinski definition) is 2. The Morgan fingerprint density at radius 2 is 1.67 bits per heavy atom. The maximum absolute atomic E-state index is 12.6. The van der Waals surface area contributed by atoms with Crippen molar-refractivity contribution in [2.24, 2.45) is 0 Å². The molecule has 0 unspecified atom stereocenters. The summed E-state index contributed by atoms with van der Waals surface area (Å²) in [5.41, 5.74) is 1.75. The van der Waals surface area contributed by atoms with Gasteiger partial charge < -0.3 is 14.8 Å². The fourth-order valence-electron chi connectivity index (χ4n) is 2.41. The maximum Gasteiger partial charge on any atom is 0.242 e. The van der Waals surface area contributed by atoms with Crippen LogP contribution in [0.2, 0.25) is 0 Å². The molecular formula is C19H24N2O5S. The lowest BCUT2D eigenvalue weighted by atomic mass is 10.1. The average molecular weight is 392 g/mol. The van der Waals surface area contributed by atoms with E-state index in [0.717, 1.165) is 12.0 Å². The summed E-state index contributed by atoms with van der Waals surface area (Å²) in [5.74, 6) is 0.245. The van der Waals surface area contributed by atoms with E-state index in [2.05, 4.69) is 10.0 Å². The molecule has 7 nitrogen and oxygen atoms in total. The molecule has 0 heterocycles. The zero-order valence-electron chi connectivity index (χ0n) is 15.8. The normalized spacial score (nSPS) is 12.3. The van der Waals surface area contributed by atoms with Gasteiger partial charge in [-0.25, -0.2) is 8.42 Å². The van der Waals surface area contributed by atoms with Crippen LogP contribution in [0, 0.1) is 0 Å². The average Bonchev–Trinajstić information content (AvgIpc) is 2.67. The van der Waals surface area contributed by atoms with Gasteiger partial charge in [-0.3, -0.25) is 4.79 Å². The van der Waals surface area contributed by atoms with Crippen molar-refractivity contribution in [3.05, 3.63) is 48.0 Å². The van der Waals surface area contributed by atoms with Crippen molar-refractivity contribution in [3.63, 3.8) is 0 Å². The van der Waals surface area contributed by atoms with Crippen LogP contribution in [0.4, 0.5) is 5.69 Å². The summed E-state index contributed by atoms with van der Waals surface area (Å²) in [4.78, 5) is 12.3. The molecule has 0 aliphatic heterocycles. The summed E-state index contributed by atoms with van der Waals surface area (Å²) >= 11 is 0. The zero-order valence-corrected chi connectivity index (χ0v) is 16.6. The SMILES string of the molecule is CCc1ccc(NC(=O)[C@H](C)NS(=O)(=O)c2ccc(OC)c(OC)c2)cc1. The van der Waals surface area contributed by atoms with Crippen LogP contribution >= 0.6 is 0 Å². The van der Waals surface area contributed by atoms with Crippen molar-refractivity contribution in [1.82, 2.24) is 4.72 Å². The highest BCUT2D eigenvalue weighted by molar-refractivity contribution is 7.89. The van der Waals surface area contributed by atoms with E-state index in [-0.39, 0.29) is 10.6 Å². The quantitative estimate of drug-likeness (QED) is 0.720. The van der Waals surface area contributed by atoms with Crippen molar-refractivity contribution in [2.75, 3.05) is 19.5 Å². The number of amides is 1. The second kappa shape index (κ2) is 8.88. The molecule has 0 saturated carbocycles. The van der Waals surface area contributed by atoms with E-state index in [0.29, 0.717) is 11.4 Å². The van der Waals surface area contributed by atoms with Crippen molar-refractivity contribution in [2.45, 2.75) is 31.2 Å². The summed E-state index contributed by atoms with van der Waals surface area (Å²) in [6.07, 6.45) is 0.899. The first-order valence-electron chi connectivity index (χ1n) is 8.45. The molecule has 0 saturated heterocycles. The third-order valence-electron chi connectivity index (χ3n) is 4.02. The van der Waals surface area contributed by atoms with Crippen LogP contribution in [0.1, 0.15) is 19.4 Å². The monoisotopic (exact) mass is 392 g/mol. The van der Waals surface area contributed by atoms with E-state index in [1.165, 1.54) is 39.3 Å². The Balaban J connectivity index is 2.10. The molecule has 0 aliphatic rings. The Labute approximate surface area is 159 Å². The first-order chi connectivity index (χ1) is 12.8. The van der Waals surface area contributed by atoms with E-state index >= 15 is 0 Å². The van der Waals surface area contributed by atoms with Gasteiger partial charge in [0.05, 0.1) is 25.2 Å². The number of aryl methyl sites for hydroxylation is 1. The molecule has 0 bridgehead atoms. The van der Waals surface area contributed by atoms with E-state index in [1.54, 1.807) is 12.1 Å². The molecule has 0 radical (unpaired) electrons. The first-order valence-corrected chi connectivity index (χ1v) is 9.93. The minimum atomic E-state index is -3.91. The molecule has 27 heavy (non-hydrogen) atoms. The topological polar surface area (TPSA) is 93.7 Å². The van der Waals surface area contributed by atoms with Crippen LogP contribution in [-0.2, 0) is 21.2 Å². The maximum atomic E-state index is 12.6. The van der Waals surface area contributed by atoms with Gasteiger partial charge in [0.1, 0.15) is 0 Å². The number of carbonyl (C=O) groups excluding carboxylic acids is 1. The lowest BCUT2D eigenvalue weighted by Gasteiger charge is -2.15. The summed E-state index contributed by atoms with van der Waals surface area (Å²) in [6.45, 7) is 3.52. The van der Waals surface area contributed by atoms with Crippen molar-refractivity contribution < 1.29 is 22.7 Å². The van der Waals surface area contributed by atoms with Gasteiger partial charge in [0.25, 0.3) is 0 Å². The van der Waals surface area contributed by atoms with Crippen LogP contribution in [0.15, 0.2) is 47.4 Å². The van der Waals surface area contributed by atoms with Crippen LogP contribution in [0.25, 0.3) is 0 Å². The van der Waals surface area contributed by atoms with Gasteiger partial charge in [0.2, 0.25) is 15.9 Å². The molecule has 146 valence electrons. The zero-order chi connectivity index (χ0) is 20.0. The van der Waals surface area contributed by atoms with E-state index in [9.17, 15) is 13.2 Å². The van der Waals surface area contributed by atoms with Gasteiger partial charge >= 0.3 is 0 Å². The van der Waals surface area contributed by atoms with Gasteiger partial charge in [-0.2, -0.15) is 4.72 Å². The fourth-order valence-corrected chi connectivity index (χ4v) is 3.63. The number of nitrogens with one attached hydrogen (secondary N) is 2. The Hall–Kier alpha value is -2.58. The first kappa shape index (κ1) is 20.7. The smallest absolute Gasteiger partial charge is 0.242 e. The Morgan fingerprint density at radius 3 is 2.22 bits per heavy atom. The number of anilines is 1. The van der Waals surface area contributed by atoms with Crippen LogP contribution in [0.3, 0.4) is 0 Å². The second-order valence-corrected chi connectivity index (χ2v) is 7.61. The molecule has 2 aromatic rings. The Morgan fingerprint density at radius 1 is 1.04 bits per heavy atom. The lowest BCUT2D eigenvalue weighted by Crippen LogP contribution is -2.41. The minimum absolute atomic E-state index is 0.0212. The molecule has 1 atom stereocenters. The number of benzene rings is 2. The molecule has 0 spiro atoms. The molecule has 0 aromatic heterocycles. The molecule has 2 aromatic carbocycles. The highest BCUT2D eigenvalue weighted by atomic mass is 32.2. The van der Waals surface area contributed by atoms with Crippen molar-refractivity contribution in [3.8, 4) is 11.5 Å². The number of carbonyl (C=O) groups is 1. The number of ether oxygens (including phenoxy) is 2. The van der Waals surface area contributed by atoms with Crippen molar-refractivity contribution >= 4 is 21.6 Å². The highest BCUT2D eigenvalue weighted by Gasteiger charge is 2.23. The molecule has 0 fully saturated rings. The molecule has 1 amide bonds. The van der Waals surface area contributed by atoms with Gasteiger partial charge in [-0.1, -0.05) is 19.1 Å². The Kier molecular flexibility index (Phi) is 6.81. The summed E-state index contributed by atoms with van der Waals surface area (Å²) in [7, 11) is -1.03. The number of sulfonamides is 1. The fraction of sp³-hybridized carbons (Fsp3) is 0.316. The highest BCUT2D eigenvalue weighted by Crippen LogP contribution is 2.29. The molecular weight excluding hydrogens is 368 g/mol. The third kappa shape index (κ3) is 5.21. The second-order valence-electron chi connectivity index (χ2n) is 5.90. The van der Waals surface area contributed by atoms with E-state index < -0.39 is 22.0 Å². The van der Waals surface area contributed by atoms with Crippen LogP contribution < -0.4 is 19.5 Å². The molecule has 2 N–H and O–H groups in total. The van der Waals surface area contributed by atoms with Gasteiger partial charge in [-0.05, 0) is 43.2 Å². The third-order valence-corrected chi connectivity index (χ3v) is 5.56. The van der Waals surface area contributed by atoms with E-state index in [1.807, 2.05) is 19.1 Å². The molecule has 0 aliphatic carbocycles. The largest absolute Gasteiger partial charge is 0.493 e. The number of rotatable bonds is 8. The van der Waals surface area contributed by atoms with E-state index in [4.69, 9.17) is 9.47 Å². The molecule has 8 heteroatoms. The minimum Gasteiger partial charge on any atom is -0.493 e. The standard InChI is InChI=1S/C19H24N2O5S/c1-5-14-6-8-15(9-7-14)20-19(22)13(2)21-27(23,24)16-10-11-17(25-3)18(12-16)26-4/h6-13,21H,5H2,1-4H3,(H,20,22)/t13-/m0/s1. The van der Waals surface area contributed by atoms with Crippen LogP contribution in [-0.4, -0.2) is 34.6 Å². The van der Waals surface area contributed by atoms with Gasteiger partial charge in [-0.15, -0.1) is 0 Å². The van der Waals surface area contributed by atoms with Gasteiger partial charge in [0.15, 0.2) is 11.5 Å². The number of methoxy groups -OCH3 is 2. The Bertz CT molecular complexity index is 895. The summed E-state index contributed by atoms with van der Waals surface area (Å²) in [5, 5.41) is 2.70. The summed E-state index contributed by atoms with van der Waals surface area (Å²) < 4.78 is 37.7. The predicted octanol–water partition coefficient (Wildman–Crippen LogP) is 2.57. The molecule has 2 rings (SSSR count). The lowest BCUT2D eigenvalue weighted by molar-refractivity contribution is -0.117. The van der Waals surface area contributed by atoms with Gasteiger partial charge in [0, 0.05) is 11.8 Å². The van der Waals surface area contributed by atoms with Crippen molar-refractivity contribution in [1.29, 1.82) is 0 Å². The van der Waals surface area contributed by atoms with Crippen LogP contribution in [0.5, 0.6) is 11.5 Å².